The summed E-state index contributed by atoms with van der Waals surface area (Å²) in [7, 11) is 0. The lowest BCUT2D eigenvalue weighted by molar-refractivity contribution is -0.0405. The molecule has 3 rings (SSSR count). The van der Waals surface area contributed by atoms with Crippen LogP contribution in [-0.4, -0.2) is 18.6 Å². The van der Waals surface area contributed by atoms with Crippen LogP contribution >= 0.6 is 0 Å². The second kappa shape index (κ2) is 6.95. The van der Waals surface area contributed by atoms with Crippen LogP contribution in [0.1, 0.15) is 50.5 Å². The average Bonchev–Trinajstić information content (AvgIpc) is 2.46. The molecule has 2 aliphatic rings. The fourth-order valence-electron chi connectivity index (χ4n) is 3.08. The molecule has 0 amide bonds. The van der Waals surface area contributed by atoms with Crippen molar-refractivity contribution in [2.75, 3.05) is 6.61 Å². The molecule has 1 aromatic rings. The minimum absolute atomic E-state index is 0.0125. The first-order valence-corrected chi connectivity index (χ1v) is 8.44. The normalized spacial score (nSPS) is 22.3. The Morgan fingerprint density at radius 2 is 1.73 bits per heavy atom. The minimum Gasteiger partial charge on any atom is -0.493 e. The van der Waals surface area contributed by atoms with Gasteiger partial charge in [0.1, 0.15) is 5.75 Å². The Balaban J connectivity index is 1.39. The molecule has 0 aromatic heterocycles. The Labute approximate surface area is 131 Å². The SMILES string of the molecule is FC1(F)CCC(NCc2ccc(OCC3CCC3)cc2)CC1. The Bertz CT molecular complexity index is 460. The molecular weight excluding hydrogens is 284 g/mol. The standard InChI is InChI=1S/C18H25F2NO/c19-18(20)10-8-16(9-11-18)21-12-14-4-6-17(7-5-14)22-13-15-2-1-3-15/h4-7,15-16,21H,1-3,8-13H2. The first-order valence-electron chi connectivity index (χ1n) is 8.44. The maximum atomic E-state index is 13.1. The number of halogens is 2. The van der Waals surface area contributed by atoms with Gasteiger partial charge in [-0.15, -0.1) is 0 Å². The molecule has 0 spiro atoms. The monoisotopic (exact) mass is 309 g/mol. The lowest BCUT2D eigenvalue weighted by atomic mass is 9.86. The third-order valence-electron chi connectivity index (χ3n) is 4.95. The Hall–Kier alpha value is -1.16. The summed E-state index contributed by atoms with van der Waals surface area (Å²) in [5, 5.41) is 3.39. The van der Waals surface area contributed by atoms with Gasteiger partial charge in [-0.3, -0.25) is 0 Å². The van der Waals surface area contributed by atoms with Crippen LogP contribution in [0.2, 0.25) is 0 Å². The van der Waals surface area contributed by atoms with E-state index in [1.165, 1.54) is 24.8 Å². The Morgan fingerprint density at radius 3 is 2.32 bits per heavy atom. The van der Waals surface area contributed by atoms with Gasteiger partial charge in [0.05, 0.1) is 6.61 Å². The molecule has 2 nitrogen and oxygen atoms in total. The largest absolute Gasteiger partial charge is 0.493 e. The van der Waals surface area contributed by atoms with Gasteiger partial charge in [0.15, 0.2) is 0 Å². The number of rotatable bonds is 6. The van der Waals surface area contributed by atoms with Crippen LogP contribution in [-0.2, 0) is 6.54 Å². The number of ether oxygens (including phenoxy) is 1. The van der Waals surface area contributed by atoms with E-state index in [-0.39, 0.29) is 18.9 Å². The highest BCUT2D eigenvalue weighted by Crippen LogP contribution is 2.33. The Morgan fingerprint density at radius 1 is 1.05 bits per heavy atom. The summed E-state index contributed by atoms with van der Waals surface area (Å²) in [4.78, 5) is 0. The van der Waals surface area contributed by atoms with Crippen LogP contribution in [0.4, 0.5) is 8.78 Å². The molecule has 0 aliphatic heterocycles. The van der Waals surface area contributed by atoms with Gasteiger partial charge in [-0.1, -0.05) is 18.6 Å². The summed E-state index contributed by atoms with van der Waals surface area (Å²) in [5.74, 6) is -0.781. The summed E-state index contributed by atoms with van der Waals surface area (Å²) in [5.41, 5.74) is 1.17. The zero-order valence-electron chi connectivity index (χ0n) is 13.0. The molecule has 2 aliphatic carbocycles. The predicted molar refractivity (Wildman–Crippen MR) is 83.3 cm³/mol. The molecule has 4 heteroatoms. The van der Waals surface area contributed by atoms with Gasteiger partial charge < -0.3 is 10.1 Å². The van der Waals surface area contributed by atoms with Crippen molar-refractivity contribution in [3.8, 4) is 5.75 Å². The van der Waals surface area contributed by atoms with Crippen molar-refractivity contribution in [2.45, 2.75) is 63.5 Å². The molecule has 122 valence electrons. The van der Waals surface area contributed by atoms with E-state index in [0.717, 1.165) is 24.8 Å². The fraction of sp³-hybridized carbons (Fsp3) is 0.667. The van der Waals surface area contributed by atoms with Gasteiger partial charge in [0.2, 0.25) is 5.92 Å². The average molecular weight is 309 g/mol. The lowest BCUT2D eigenvalue weighted by Crippen LogP contribution is -2.36. The number of benzene rings is 1. The van der Waals surface area contributed by atoms with Crippen molar-refractivity contribution in [3.05, 3.63) is 29.8 Å². The summed E-state index contributed by atoms with van der Waals surface area (Å²) in [6, 6.07) is 8.34. The van der Waals surface area contributed by atoms with E-state index in [1.807, 2.05) is 12.1 Å². The third-order valence-corrected chi connectivity index (χ3v) is 4.95. The number of hydrogen-bond donors (Lipinski definition) is 1. The molecule has 1 N–H and O–H groups in total. The summed E-state index contributed by atoms with van der Waals surface area (Å²) in [6.07, 6.45) is 5.08. The van der Waals surface area contributed by atoms with E-state index < -0.39 is 5.92 Å². The fourth-order valence-corrected chi connectivity index (χ4v) is 3.08. The maximum absolute atomic E-state index is 13.1. The molecule has 22 heavy (non-hydrogen) atoms. The van der Waals surface area contributed by atoms with Gasteiger partial charge >= 0.3 is 0 Å². The van der Waals surface area contributed by atoms with E-state index in [1.54, 1.807) is 0 Å². The zero-order chi connectivity index (χ0) is 15.4. The summed E-state index contributed by atoms with van der Waals surface area (Å²) < 4.78 is 32.0. The van der Waals surface area contributed by atoms with Gasteiger partial charge in [-0.2, -0.15) is 0 Å². The smallest absolute Gasteiger partial charge is 0.248 e. The second-order valence-electron chi connectivity index (χ2n) is 6.76. The van der Waals surface area contributed by atoms with Gasteiger partial charge in [-0.25, -0.2) is 8.78 Å². The zero-order valence-corrected chi connectivity index (χ0v) is 13.0. The van der Waals surface area contributed by atoms with E-state index in [4.69, 9.17) is 4.74 Å². The quantitative estimate of drug-likeness (QED) is 0.833. The van der Waals surface area contributed by atoms with Gasteiger partial charge in [0.25, 0.3) is 0 Å². The number of hydrogen-bond acceptors (Lipinski definition) is 2. The maximum Gasteiger partial charge on any atom is 0.248 e. The van der Waals surface area contributed by atoms with Crippen molar-refractivity contribution < 1.29 is 13.5 Å². The number of alkyl halides is 2. The predicted octanol–water partition coefficient (Wildman–Crippen LogP) is 4.53. The van der Waals surface area contributed by atoms with Crippen LogP contribution in [0.25, 0.3) is 0 Å². The van der Waals surface area contributed by atoms with Crippen molar-refractivity contribution >= 4 is 0 Å². The molecule has 0 heterocycles. The summed E-state index contributed by atoms with van der Waals surface area (Å²) >= 11 is 0. The van der Waals surface area contributed by atoms with E-state index in [2.05, 4.69) is 17.4 Å². The molecule has 0 radical (unpaired) electrons. The molecule has 2 saturated carbocycles. The molecule has 0 unspecified atom stereocenters. The van der Waals surface area contributed by atoms with Crippen LogP contribution < -0.4 is 10.1 Å². The molecule has 2 fully saturated rings. The van der Waals surface area contributed by atoms with E-state index in [0.29, 0.717) is 12.8 Å². The van der Waals surface area contributed by atoms with Gasteiger partial charge in [-0.05, 0) is 49.3 Å². The first kappa shape index (κ1) is 15.7. The van der Waals surface area contributed by atoms with Crippen LogP contribution in [0.3, 0.4) is 0 Å². The van der Waals surface area contributed by atoms with Crippen molar-refractivity contribution in [1.29, 1.82) is 0 Å². The third kappa shape index (κ3) is 4.42. The van der Waals surface area contributed by atoms with E-state index >= 15 is 0 Å². The molecule has 1 aromatic carbocycles. The molecule has 0 atom stereocenters. The van der Waals surface area contributed by atoms with E-state index in [9.17, 15) is 8.78 Å². The first-order chi connectivity index (χ1) is 10.6. The van der Waals surface area contributed by atoms with Crippen molar-refractivity contribution in [2.24, 2.45) is 5.92 Å². The highest BCUT2D eigenvalue weighted by atomic mass is 19.3. The second-order valence-corrected chi connectivity index (χ2v) is 6.76. The minimum atomic E-state index is -2.45. The van der Waals surface area contributed by atoms with Gasteiger partial charge in [0, 0.05) is 25.4 Å². The summed E-state index contributed by atoms with van der Waals surface area (Å²) in [6.45, 7) is 1.56. The van der Waals surface area contributed by atoms with Crippen molar-refractivity contribution in [3.63, 3.8) is 0 Å². The Kier molecular flexibility index (Phi) is 4.97. The van der Waals surface area contributed by atoms with Crippen LogP contribution in [0.5, 0.6) is 5.75 Å². The number of nitrogens with one attached hydrogen (secondary N) is 1. The van der Waals surface area contributed by atoms with Crippen LogP contribution in [0.15, 0.2) is 24.3 Å². The highest BCUT2D eigenvalue weighted by Gasteiger charge is 2.34. The van der Waals surface area contributed by atoms with Crippen LogP contribution in [0, 0.1) is 5.92 Å². The van der Waals surface area contributed by atoms with Crippen molar-refractivity contribution in [1.82, 2.24) is 5.32 Å². The highest BCUT2D eigenvalue weighted by molar-refractivity contribution is 5.27. The molecule has 0 bridgehead atoms. The lowest BCUT2D eigenvalue weighted by Gasteiger charge is -2.29. The topological polar surface area (TPSA) is 21.3 Å². The molecule has 0 saturated heterocycles. The molecular formula is C18H25F2NO.